The van der Waals surface area contributed by atoms with E-state index < -0.39 is 10.0 Å². The molecule has 0 saturated carbocycles. The first kappa shape index (κ1) is 14.8. The van der Waals surface area contributed by atoms with Gasteiger partial charge in [0.15, 0.2) is 0 Å². The largest absolute Gasteiger partial charge is 0.383 e. The number of piperazine rings is 1. The van der Waals surface area contributed by atoms with Gasteiger partial charge in [0.05, 0.1) is 12.9 Å². The van der Waals surface area contributed by atoms with Gasteiger partial charge in [0.1, 0.15) is 0 Å². The van der Waals surface area contributed by atoms with Crippen LogP contribution >= 0.6 is 0 Å². The molecular weight excluding hydrogens is 242 g/mol. The average molecular weight is 265 g/mol. The molecule has 1 aliphatic heterocycles. The van der Waals surface area contributed by atoms with Crippen molar-refractivity contribution in [3.63, 3.8) is 0 Å². The zero-order chi connectivity index (χ0) is 12.9. The van der Waals surface area contributed by atoms with E-state index in [4.69, 9.17) is 4.74 Å². The summed E-state index contributed by atoms with van der Waals surface area (Å²) in [7, 11) is 0.572. The molecule has 0 aliphatic carbocycles. The lowest BCUT2D eigenvalue weighted by Gasteiger charge is -2.35. The van der Waals surface area contributed by atoms with E-state index in [1.165, 1.54) is 10.6 Å². The Labute approximate surface area is 104 Å². The lowest BCUT2D eigenvalue weighted by Crippen LogP contribution is -2.52. The van der Waals surface area contributed by atoms with E-state index in [0.717, 1.165) is 19.6 Å². The molecule has 1 heterocycles. The molecule has 17 heavy (non-hydrogen) atoms. The first-order valence-electron chi connectivity index (χ1n) is 5.81. The Morgan fingerprint density at radius 3 is 2.29 bits per heavy atom. The molecule has 7 heteroatoms. The van der Waals surface area contributed by atoms with E-state index in [1.54, 1.807) is 7.11 Å². The van der Waals surface area contributed by atoms with Crippen LogP contribution in [0.4, 0.5) is 0 Å². The normalized spacial score (nSPS) is 21.6. The maximum absolute atomic E-state index is 11.3. The average Bonchev–Trinajstić information content (AvgIpc) is 2.28. The molecule has 0 amide bonds. The van der Waals surface area contributed by atoms with Gasteiger partial charge in [0.25, 0.3) is 0 Å². The number of sulfonamides is 1. The fourth-order valence-electron chi connectivity index (χ4n) is 1.98. The summed E-state index contributed by atoms with van der Waals surface area (Å²) >= 11 is 0. The highest BCUT2D eigenvalue weighted by molar-refractivity contribution is 7.88. The topological polar surface area (TPSA) is 61.9 Å². The lowest BCUT2D eigenvalue weighted by atomic mass is 10.2. The fourth-order valence-corrected chi connectivity index (χ4v) is 2.81. The van der Waals surface area contributed by atoms with Crippen molar-refractivity contribution in [1.29, 1.82) is 0 Å². The molecule has 0 spiro atoms. The van der Waals surface area contributed by atoms with Crippen molar-refractivity contribution in [3.05, 3.63) is 0 Å². The van der Waals surface area contributed by atoms with Gasteiger partial charge in [0.2, 0.25) is 10.0 Å². The Bertz CT molecular complexity index is 313. The Morgan fingerprint density at radius 1 is 1.29 bits per heavy atom. The summed E-state index contributed by atoms with van der Waals surface area (Å²) in [6.07, 6.45) is 1.27. The van der Waals surface area contributed by atoms with Gasteiger partial charge in [-0.1, -0.05) is 0 Å². The number of nitrogens with one attached hydrogen (secondary N) is 1. The first-order chi connectivity index (χ1) is 7.97. The summed E-state index contributed by atoms with van der Waals surface area (Å²) in [6.45, 7) is 4.30. The van der Waals surface area contributed by atoms with E-state index in [1.807, 2.05) is 7.05 Å². The van der Waals surface area contributed by atoms with Gasteiger partial charge in [0, 0.05) is 45.9 Å². The maximum atomic E-state index is 11.3. The van der Waals surface area contributed by atoms with Crippen LogP contribution in [0.3, 0.4) is 0 Å². The highest BCUT2D eigenvalue weighted by Gasteiger charge is 2.24. The summed E-state index contributed by atoms with van der Waals surface area (Å²) in [5, 5.41) is 3.19. The molecule has 102 valence electrons. The monoisotopic (exact) mass is 265 g/mol. The predicted octanol–water partition coefficient (Wildman–Crippen LogP) is -1.20. The molecule has 1 unspecified atom stereocenters. The molecule has 0 aromatic rings. The fraction of sp³-hybridized carbons (Fsp3) is 1.00. The number of nitrogens with zero attached hydrogens (tertiary/aromatic N) is 2. The SMILES string of the molecule is CNC(COC)CN1CCN(S(C)(=O)=O)CC1. The molecule has 1 N–H and O–H groups in total. The van der Waals surface area contributed by atoms with Crippen molar-refractivity contribution in [2.75, 3.05) is 59.7 Å². The zero-order valence-electron chi connectivity index (χ0n) is 10.8. The third-order valence-corrected chi connectivity index (χ3v) is 4.36. The van der Waals surface area contributed by atoms with Crippen LogP contribution in [0.5, 0.6) is 0 Å². The van der Waals surface area contributed by atoms with Gasteiger partial charge < -0.3 is 10.1 Å². The third kappa shape index (κ3) is 4.89. The molecule has 0 aromatic heterocycles. The van der Waals surface area contributed by atoms with Crippen molar-refractivity contribution in [1.82, 2.24) is 14.5 Å². The van der Waals surface area contributed by atoms with Crippen LogP contribution in [0.1, 0.15) is 0 Å². The molecular formula is C10H23N3O3S. The van der Waals surface area contributed by atoms with E-state index in [9.17, 15) is 8.42 Å². The van der Waals surface area contributed by atoms with E-state index in [-0.39, 0.29) is 0 Å². The number of methoxy groups -OCH3 is 1. The molecule has 1 rings (SSSR count). The summed E-state index contributed by atoms with van der Waals surface area (Å²) in [4.78, 5) is 2.27. The molecule has 6 nitrogen and oxygen atoms in total. The van der Waals surface area contributed by atoms with Crippen molar-refractivity contribution in [2.24, 2.45) is 0 Å². The predicted molar refractivity (Wildman–Crippen MR) is 67.6 cm³/mol. The molecule has 1 fully saturated rings. The lowest BCUT2D eigenvalue weighted by molar-refractivity contribution is 0.123. The van der Waals surface area contributed by atoms with E-state index in [0.29, 0.717) is 25.7 Å². The van der Waals surface area contributed by atoms with Gasteiger partial charge >= 0.3 is 0 Å². The van der Waals surface area contributed by atoms with E-state index >= 15 is 0 Å². The van der Waals surface area contributed by atoms with Crippen molar-refractivity contribution in [2.45, 2.75) is 6.04 Å². The summed E-state index contributed by atoms with van der Waals surface area (Å²) in [5.41, 5.74) is 0. The molecule has 1 saturated heterocycles. The van der Waals surface area contributed by atoms with E-state index in [2.05, 4.69) is 10.2 Å². The van der Waals surface area contributed by atoms with Gasteiger partial charge in [-0.2, -0.15) is 4.31 Å². The zero-order valence-corrected chi connectivity index (χ0v) is 11.7. The van der Waals surface area contributed by atoms with Crippen LogP contribution in [0.25, 0.3) is 0 Å². The number of ether oxygens (including phenoxy) is 1. The van der Waals surface area contributed by atoms with Gasteiger partial charge in [-0.15, -0.1) is 0 Å². The summed E-state index contributed by atoms with van der Waals surface area (Å²) in [6, 6.07) is 0.296. The second kappa shape index (κ2) is 6.65. The van der Waals surface area contributed by atoms with Crippen molar-refractivity contribution >= 4 is 10.0 Å². The minimum absolute atomic E-state index is 0.296. The molecule has 1 aliphatic rings. The molecule has 1 atom stereocenters. The van der Waals surface area contributed by atoms with Gasteiger partial charge in [-0.25, -0.2) is 8.42 Å². The van der Waals surface area contributed by atoms with Crippen LogP contribution in [0, 0.1) is 0 Å². The number of rotatable bonds is 6. The van der Waals surface area contributed by atoms with Crippen LogP contribution in [-0.4, -0.2) is 83.4 Å². The summed E-state index contributed by atoms with van der Waals surface area (Å²) in [5.74, 6) is 0. The second-order valence-corrected chi connectivity index (χ2v) is 6.39. The number of hydrogen-bond acceptors (Lipinski definition) is 5. The Morgan fingerprint density at radius 2 is 1.88 bits per heavy atom. The van der Waals surface area contributed by atoms with Crippen LogP contribution in [0.2, 0.25) is 0 Å². The number of hydrogen-bond donors (Lipinski definition) is 1. The minimum atomic E-state index is -3.03. The Kier molecular flexibility index (Phi) is 5.81. The Hall–Kier alpha value is -0.210. The van der Waals surface area contributed by atoms with Gasteiger partial charge in [-0.3, -0.25) is 4.90 Å². The van der Waals surface area contributed by atoms with Crippen LogP contribution in [0.15, 0.2) is 0 Å². The summed E-state index contributed by atoms with van der Waals surface area (Å²) < 4.78 is 29.4. The number of likely N-dealkylation sites (N-methyl/N-ethyl adjacent to an activating group) is 1. The molecule has 0 bridgehead atoms. The molecule has 0 radical (unpaired) electrons. The minimum Gasteiger partial charge on any atom is -0.383 e. The highest BCUT2D eigenvalue weighted by Crippen LogP contribution is 2.06. The first-order valence-corrected chi connectivity index (χ1v) is 7.66. The maximum Gasteiger partial charge on any atom is 0.211 e. The third-order valence-electron chi connectivity index (χ3n) is 3.05. The van der Waals surface area contributed by atoms with Gasteiger partial charge in [-0.05, 0) is 7.05 Å². The quantitative estimate of drug-likeness (QED) is 0.653. The second-order valence-electron chi connectivity index (χ2n) is 4.40. The Balaban J connectivity index is 2.36. The standard InChI is InChI=1S/C10H23N3O3S/c1-11-10(9-16-2)8-12-4-6-13(7-5-12)17(3,14)15/h10-11H,4-9H2,1-3H3. The highest BCUT2D eigenvalue weighted by atomic mass is 32.2. The smallest absolute Gasteiger partial charge is 0.211 e. The van der Waals surface area contributed by atoms with Crippen molar-refractivity contribution < 1.29 is 13.2 Å². The van der Waals surface area contributed by atoms with Crippen LogP contribution in [-0.2, 0) is 14.8 Å². The van der Waals surface area contributed by atoms with Crippen LogP contribution < -0.4 is 5.32 Å². The molecule has 0 aromatic carbocycles. The van der Waals surface area contributed by atoms with Crippen molar-refractivity contribution in [3.8, 4) is 0 Å².